The van der Waals surface area contributed by atoms with Crippen molar-refractivity contribution in [2.75, 3.05) is 6.54 Å². The fourth-order valence-electron chi connectivity index (χ4n) is 1.77. The highest BCUT2D eigenvalue weighted by molar-refractivity contribution is 7.89. The lowest BCUT2D eigenvalue weighted by molar-refractivity contribution is -0.138. The standard InChI is InChI=1S/C14H19ClN2O5S/c1-9(7-13(18)19)8-16-14(20)10(2)17-23(21,22)12-5-3-11(15)4-6-12/h3-6,9-10,17H,7-8H2,1-2H3,(H,16,20)(H,18,19). The van der Waals surface area contributed by atoms with Gasteiger partial charge in [-0.3, -0.25) is 9.59 Å². The Labute approximate surface area is 140 Å². The van der Waals surface area contributed by atoms with Crippen LogP contribution in [0.4, 0.5) is 0 Å². The summed E-state index contributed by atoms with van der Waals surface area (Å²) in [6, 6.07) is 4.56. The van der Waals surface area contributed by atoms with E-state index in [1.807, 2.05) is 0 Å². The smallest absolute Gasteiger partial charge is 0.303 e. The van der Waals surface area contributed by atoms with Crippen LogP contribution in [0.5, 0.6) is 0 Å². The Bertz CT molecular complexity index is 660. The molecule has 0 saturated carbocycles. The van der Waals surface area contributed by atoms with E-state index >= 15 is 0 Å². The second-order valence-electron chi connectivity index (χ2n) is 5.25. The number of hydrogen-bond acceptors (Lipinski definition) is 4. The highest BCUT2D eigenvalue weighted by Gasteiger charge is 2.22. The van der Waals surface area contributed by atoms with Gasteiger partial charge in [0.05, 0.1) is 10.9 Å². The average molecular weight is 363 g/mol. The van der Waals surface area contributed by atoms with Gasteiger partial charge in [-0.1, -0.05) is 18.5 Å². The third kappa shape index (κ3) is 6.55. The Morgan fingerprint density at radius 1 is 1.22 bits per heavy atom. The quantitative estimate of drug-likeness (QED) is 0.644. The number of carboxylic acid groups (broad SMARTS) is 1. The van der Waals surface area contributed by atoms with Crippen LogP contribution < -0.4 is 10.0 Å². The number of aliphatic carboxylic acids is 1. The summed E-state index contributed by atoms with van der Waals surface area (Å²) in [6.07, 6.45) is -0.0782. The van der Waals surface area contributed by atoms with Crippen LogP contribution in [0.3, 0.4) is 0 Å². The number of benzene rings is 1. The Kier molecular flexibility index (Phi) is 6.99. The van der Waals surface area contributed by atoms with Crippen LogP contribution in [-0.2, 0) is 19.6 Å². The van der Waals surface area contributed by atoms with Gasteiger partial charge in [-0.2, -0.15) is 4.72 Å². The molecule has 9 heteroatoms. The van der Waals surface area contributed by atoms with E-state index in [1.54, 1.807) is 6.92 Å². The average Bonchev–Trinajstić information content (AvgIpc) is 2.44. The summed E-state index contributed by atoms with van der Waals surface area (Å²) in [6.45, 7) is 3.24. The minimum Gasteiger partial charge on any atom is -0.481 e. The number of hydrogen-bond donors (Lipinski definition) is 3. The number of sulfonamides is 1. The Morgan fingerprint density at radius 3 is 2.30 bits per heavy atom. The first-order valence-electron chi connectivity index (χ1n) is 6.89. The number of rotatable bonds is 8. The van der Waals surface area contributed by atoms with Gasteiger partial charge in [0.15, 0.2) is 0 Å². The molecule has 3 N–H and O–H groups in total. The van der Waals surface area contributed by atoms with Crippen LogP contribution in [0, 0.1) is 5.92 Å². The summed E-state index contributed by atoms with van der Waals surface area (Å²) in [5, 5.41) is 11.6. The van der Waals surface area contributed by atoms with Gasteiger partial charge >= 0.3 is 5.97 Å². The van der Waals surface area contributed by atoms with Gasteiger partial charge in [0.1, 0.15) is 0 Å². The van der Waals surface area contributed by atoms with E-state index in [0.29, 0.717) is 5.02 Å². The maximum absolute atomic E-state index is 12.1. The number of carbonyl (C=O) groups excluding carboxylic acids is 1. The molecule has 0 radical (unpaired) electrons. The van der Waals surface area contributed by atoms with E-state index < -0.39 is 27.9 Å². The van der Waals surface area contributed by atoms with Gasteiger partial charge in [-0.25, -0.2) is 8.42 Å². The van der Waals surface area contributed by atoms with Crippen molar-refractivity contribution in [2.45, 2.75) is 31.2 Å². The van der Waals surface area contributed by atoms with Crippen LogP contribution in [0.15, 0.2) is 29.2 Å². The van der Waals surface area contributed by atoms with Crippen molar-refractivity contribution >= 4 is 33.5 Å². The minimum atomic E-state index is -3.84. The Hall–Kier alpha value is -1.64. The SMILES string of the molecule is CC(CNC(=O)C(C)NS(=O)(=O)c1ccc(Cl)cc1)CC(=O)O. The molecule has 23 heavy (non-hydrogen) atoms. The van der Waals surface area contributed by atoms with Gasteiger partial charge < -0.3 is 10.4 Å². The summed E-state index contributed by atoms with van der Waals surface area (Å²) in [4.78, 5) is 22.4. The molecule has 1 rings (SSSR count). The summed E-state index contributed by atoms with van der Waals surface area (Å²) < 4.78 is 26.5. The largest absolute Gasteiger partial charge is 0.481 e. The van der Waals surface area contributed by atoms with Crippen LogP contribution in [0.25, 0.3) is 0 Å². The lowest BCUT2D eigenvalue weighted by Gasteiger charge is -2.16. The van der Waals surface area contributed by atoms with E-state index in [9.17, 15) is 18.0 Å². The molecular weight excluding hydrogens is 344 g/mol. The maximum atomic E-state index is 12.1. The normalized spacial score (nSPS) is 14.0. The Balaban J connectivity index is 2.60. The third-order valence-electron chi connectivity index (χ3n) is 3.00. The van der Waals surface area contributed by atoms with Crippen molar-refractivity contribution in [1.29, 1.82) is 0 Å². The summed E-state index contributed by atoms with van der Waals surface area (Å²) in [5.74, 6) is -1.74. The van der Waals surface area contributed by atoms with Crippen molar-refractivity contribution in [1.82, 2.24) is 10.0 Å². The zero-order valence-electron chi connectivity index (χ0n) is 12.7. The van der Waals surface area contributed by atoms with Crippen LogP contribution in [-0.4, -0.2) is 38.0 Å². The highest BCUT2D eigenvalue weighted by atomic mass is 35.5. The molecule has 0 aliphatic rings. The molecule has 1 amide bonds. The van der Waals surface area contributed by atoms with E-state index in [0.717, 1.165) is 0 Å². The van der Waals surface area contributed by atoms with Crippen LogP contribution in [0.2, 0.25) is 5.02 Å². The number of carboxylic acids is 1. The molecule has 7 nitrogen and oxygen atoms in total. The summed E-state index contributed by atoms with van der Waals surface area (Å²) in [5.41, 5.74) is 0. The summed E-state index contributed by atoms with van der Waals surface area (Å²) >= 11 is 5.70. The topological polar surface area (TPSA) is 113 Å². The third-order valence-corrected chi connectivity index (χ3v) is 4.81. The molecule has 0 saturated heterocycles. The number of carbonyl (C=O) groups is 2. The molecular formula is C14H19ClN2O5S. The zero-order chi connectivity index (χ0) is 17.6. The predicted octanol–water partition coefficient (Wildman–Crippen LogP) is 1.23. The predicted molar refractivity (Wildman–Crippen MR) is 85.7 cm³/mol. The lowest BCUT2D eigenvalue weighted by atomic mass is 10.1. The fourth-order valence-corrected chi connectivity index (χ4v) is 3.10. The number of nitrogens with one attached hydrogen (secondary N) is 2. The van der Waals surface area contributed by atoms with E-state index in [1.165, 1.54) is 31.2 Å². The lowest BCUT2D eigenvalue weighted by Crippen LogP contribution is -2.45. The second-order valence-corrected chi connectivity index (χ2v) is 7.40. The van der Waals surface area contributed by atoms with Crippen molar-refractivity contribution < 1.29 is 23.1 Å². The molecule has 0 aromatic heterocycles. The second kappa shape index (κ2) is 8.28. The van der Waals surface area contributed by atoms with Crippen molar-refractivity contribution in [3.05, 3.63) is 29.3 Å². The molecule has 0 aliphatic carbocycles. The van der Waals surface area contributed by atoms with Gasteiger partial charge in [0.25, 0.3) is 0 Å². The van der Waals surface area contributed by atoms with Gasteiger partial charge in [0.2, 0.25) is 15.9 Å². The minimum absolute atomic E-state index is 0.000736. The van der Waals surface area contributed by atoms with Crippen molar-refractivity contribution in [3.8, 4) is 0 Å². The highest BCUT2D eigenvalue weighted by Crippen LogP contribution is 2.14. The van der Waals surface area contributed by atoms with Gasteiger partial charge in [-0.05, 0) is 37.1 Å². The van der Waals surface area contributed by atoms with E-state index in [4.69, 9.17) is 16.7 Å². The molecule has 0 bridgehead atoms. The van der Waals surface area contributed by atoms with Gasteiger partial charge in [0, 0.05) is 18.0 Å². The molecule has 0 fully saturated rings. The van der Waals surface area contributed by atoms with Crippen LogP contribution in [0.1, 0.15) is 20.3 Å². The fraction of sp³-hybridized carbons (Fsp3) is 0.429. The van der Waals surface area contributed by atoms with E-state index in [2.05, 4.69) is 10.0 Å². The van der Waals surface area contributed by atoms with Gasteiger partial charge in [-0.15, -0.1) is 0 Å². The number of amides is 1. The maximum Gasteiger partial charge on any atom is 0.303 e. The molecule has 2 unspecified atom stereocenters. The first-order valence-corrected chi connectivity index (χ1v) is 8.75. The van der Waals surface area contributed by atoms with Crippen molar-refractivity contribution in [3.63, 3.8) is 0 Å². The monoisotopic (exact) mass is 362 g/mol. The number of halogens is 1. The molecule has 1 aromatic carbocycles. The molecule has 0 heterocycles. The Morgan fingerprint density at radius 2 is 1.78 bits per heavy atom. The first kappa shape index (κ1) is 19.4. The van der Waals surface area contributed by atoms with Crippen molar-refractivity contribution in [2.24, 2.45) is 5.92 Å². The molecule has 2 atom stereocenters. The summed E-state index contributed by atoms with van der Waals surface area (Å²) in [7, 11) is -3.84. The molecule has 0 aliphatic heterocycles. The molecule has 0 spiro atoms. The van der Waals surface area contributed by atoms with Crippen LogP contribution >= 0.6 is 11.6 Å². The zero-order valence-corrected chi connectivity index (χ0v) is 14.3. The molecule has 128 valence electrons. The molecule has 1 aromatic rings. The van der Waals surface area contributed by atoms with E-state index in [-0.39, 0.29) is 23.8 Å². The first-order chi connectivity index (χ1) is 10.6.